The molecular formula is C21H23ClN4O. The number of hydrogen-bond acceptors (Lipinski definition) is 3. The summed E-state index contributed by atoms with van der Waals surface area (Å²) in [6.07, 6.45) is 1.77. The average Bonchev–Trinajstić information content (AvgIpc) is 2.98. The fraction of sp³-hybridized carbons (Fsp3) is 0.238. The van der Waals surface area contributed by atoms with Crippen LogP contribution in [0.15, 0.2) is 53.5 Å². The molecule has 0 aliphatic rings. The molecule has 0 spiro atoms. The maximum atomic E-state index is 13.0. The topological polar surface area (TPSA) is 43.1 Å². The Labute approximate surface area is 164 Å². The Balaban J connectivity index is 0.00000210. The lowest BCUT2D eigenvalue weighted by Gasteiger charge is -2.15. The number of rotatable bonds is 3. The second-order valence-electron chi connectivity index (χ2n) is 7.09. The average molecular weight is 383 g/mol. The lowest BCUT2D eigenvalue weighted by Crippen LogP contribution is -2.13. The van der Waals surface area contributed by atoms with Crippen molar-refractivity contribution < 1.29 is 0 Å². The quantitative estimate of drug-likeness (QED) is 0.543. The van der Waals surface area contributed by atoms with Crippen LogP contribution < -0.4 is 5.43 Å². The van der Waals surface area contributed by atoms with Crippen molar-refractivity contribution >= 4 is 34.3 Å². The van der Waals surface area contributed by atoms with Crippen molar-refractivity contribution in [2.24, 2.45) is 7.05 Å². The van der Waals surface area contributed by atoms with Gasteiger partial charge in [0, 0.05) is 24.7 Å². The van der Waals surface area contributed by atoms with E-state index >= 15 is 0 Å². The largest absolute Gasteiger partial charge is 0.306 e. The number of aryl methyl sites for hydroxylation is 2. The summed E-state index contributed by atoms with van der Waals surface area (Å²) in [4.78, 5) is 15.1. The summed E-state index contributed by atoms with van der Waals surface area (Å²) in [5, 5.41) is 5.06. The van der Waals surface area contributed by atoms with Gasteiger partial charge < -0.3 is 9.47 Å². The van der Waals surface area contributed by atoms with E-state index in [1.54, 1.807) is 10.9 Å². The Bertz CT molecular complexity index is 1170. The molecule has 0 atom stereocenters. The summed E-state index contributed by atoms with van der Waals surface area (Å²) < 4.78 is 3.79. The molecule has 6 heteroatoms. The molecule has 4 aromatic rings. The van der Waals surface area contributed by atoms with Crippen molar-refractivity contribution in [1.29, 1.82) is 0 Å². The molecule has 0 bridgehead atoms. The minimum Gasteiger partial charge on any atom is -0.306 e. The van der Waals surface area contributed by atoms with E-state index in [0.29, 0.717) is 5.52 Å². The van der Waals surface area contributed by atoms with Crippen LogP contribution in [-0.2, 0) is 13.6 Å². The molecule has 4 rings (SSSR count). The van der Waals surface area contributed by atoms with Gasteiger partial charge in [-0.25, -0.2) is 0 Å². The maximum absolute atomic E-state index is 13.0. The third-order valence-electron chi connectivity index (χ3n) is 4.71. The second kappa shape index (κ2) is 7.18. The van der Waals surface area contributed by atoms with E-state index < -0.39 is 0 Å². The van der Waals surface area contributed by atoms with E-state index in [9.17, 15) is 4.79 Å². The first-order valence-electron chi connectivity index (χ1n) is 8.67. The van der Waals surface area contributed by atoms with E-state index in [0.717, 1.165) is 34.2 Å². The zero-order chi connectivity index (χ0) is 18.4. The molecule has 27 heavy (non-hydrogen) atoms. The molecular weight excluding hydrogens is 360 g/mol. The highest BCUT2D eigenvalue weighted by molar-refractivity contribution is 5.93. The number of benzene rings is 2. The lowest BCUT2D eigenvalue weighted by molar-refractivity contribution is 0.402. The Kier molecular flexibility index (Phi) is 5.09. The number of aromatic nitrogens is 3. The molecule has 5 nitrogen and oxygen atoms in total. The molecule has 0 radical (unpaired) electrons. The molecule has 0 fully saturated rings. The van der Waals surface area contributed by atoms with Gasteiger partial charge in [-0.2, -0.15) is 5.10 Å². The van der Waals surface area contributed by atoms with Crippen LogP contribution >= 0.6 is 12.4 Å². The molecule has 2 aromatic carbocycles. The summed E-state index contributed by atoms with van der Waals surface area (Å²) in [5.41, 5.74) is 5.74. The number of hydrogen-bond donors (Lipinski definition) is 0. The zero-order valence-electron chi connectivity index (χ0n) is 15.9. The summed E-state index contributed by atoms with van der Waals surface area (Å²) in [5.74, 6) is 0. The first-order valence-corrected chi connectivity index (χ1v) is 8.67. The normalized spacial score (nSPS) is 11.3. The summed E-state index contributed by atoms with van der Waals surface area (Å²) in [7, 11) is 5.94. The van der Waals surface area contributed by atoms with Gasteiger partial charge in [0.05, 0.1) is 17.2 Å². The summed E-state index contributed by atoms with van der Waals surface area (Å²) >= 11 is 0. The third kappa shape index (κ3) is 3.24. The van der Waals surface area contributed by atoms with Crippen molar-refractivity contribution in [2.45, 2.75) is 13.5 Å². The van der Waals surface area contributed by atoms with Gasteiger partial charge in [0.25, 0.3) is 0 Å². The first kappa shape index (κ1) is 19.1. The highest BCUT2D eigenvalue weighted by atomic mass is 35.5. The number of pyridine rings is 1. The Morgan fingerprint density at radius 1 is 1.04 bits per heavy atom. The van der Waals surface area contributed by atoms with Crippen molar-refractivity contribution in [1.82, 2.24) is 19.2 Å². The van der Waals surface area contributed by atoms with E-state index in [-0.39, 0.29) is 17.8 Å². The minimum absolute atomic E-state index is 0. The molecule has 0 saturated carbocycles. The molecule has 140 valence electrons. The SMILES string of the molecule is Cc1ccc2c(c1)c(=O)c1c(cnn1C)n2-c1ccc(CN(C)C)cc1.Cl. The van der Waals surface area contributed by atoms with E-state index in [2.05, 4.69) is 52.9 Å². The van der Waals surface area contributed by atoms with Gasteiger partial charge in [0.2, 0.25) is 5.43 Å². The molecule has 0 aliphatic heterocycles. The predicted octanol–water partition coefficient (Wildman–Crippen LogP) is 3.67. The smallest absolute Gasteiger partial charge is 0.215 e. The Morgan fingerprint density at radius 3 is 2.41 bits per heavy atom. The van der Waals surface area contributed by atoms with Gasteiger partial charge in [-0.15, -0.1) is 12.4 Å². The van der Waals surface area contributed by atoms with Gasteiger partial charge in [-0.05, 0) is 50.8 Å². The van der Waals surface area contributed by atoms with Crippen LogP contribution in [0.25, 0.3) is 27.6 Å². The van der Waals surface area contributed by atoms with Crippen LogP contribution in [0, 0.1) is 6.92 Å². The molecule has 0 unspecified atom stereocenters. The van der Waals surface area contributed by atoms with Crippen LogP contribution in [0.4, 0.5) is 0 Å². The van der Waals surface area contributed by atoms with E-state index in [4.69, 9.17) is 0 Å². The fourth-order valence-electron chi connectivity index (χ4n) is 3.53. The monoisotopic (exact) mass is 382 g/mol. The zero-order valence-corrected chi connectivity index (χ0v) is 16.7. The van der Waals surface area contributed by atoms with Crippen molar-refractivity contribution in [2.75, 3.05) is 14.1 Å². The number of halogens is 1. The Morgan fingerprint density at radius 2 is 1.74 bits per heavy atom. The molecule has 2 heterocycles. The second-order valence-corrected chi connectivity index (χ2v) is 7.09. The van der Waals surface area contributed by atoms with E-state index in [1.807, 2.05) is 32.2 Å². The molecule has 0 aliphatic carbocycles. The van der Waals surface area contributed by atoms with Crippen LogP contribution in [-0.4, -0.2) is 33.3 Å². The number of fused-ring (bicyclic) bond motifs is 2. The lowest BCUT2D eigenvalue weighted by atomic mass is 10.1. The van der Waals surface area contributed by atoms with Crippen LogP contribution in [0.2, 0.25) is 0 Å². The third-order valence-corrected chi connectivity index (χ3v) is 4.71. The van der Waals surface area contributed by atoms with Crippen LogP contribution in [0.3, 0.4) is 0 Å². The van der Waals surface area contributed by atoms with Gasteiger partial charge in [-0.3, -0.25) is 9.48 Å². The molecule has 0 N–H and O–H groups in total. The molecule has 0 saturated heterocycles. The van der Waals surface area contributed by atoms with E-state index in [1.165, 1.54) is 5.56 Å². The summed E-state index contributed by atoms with van der Waals surface area (Å²) in [6, 6.07) is 14.5. The molecule has 0 amide bonds. The fourth-order valence-corrected chi connectivity index (χ4v) is 3.53. The molecule has 2 aromatic heterocycles. The standard InChI is InChI=1S/C21H22N4O.ClH/c1-14-5-10-18-17(11-14)21(26)20-19(12-22-24(20)4)25(18)16-8-6-15(7-9-16)13-23(2)3;/h5-12H,13H2,1-4H3;1H. The highest BCUT2D eigenvalue weighted by Crippen LogP contribution is 2.24. The van der Waals surface area contributed by atoms with Crippen molar-refractivity contribution in [3.8, 4) is 5.69 Å². The van der Waals surface area contributed by atoms with Crippen LogP contribution in [0.5, 0.6) is 0 Å². The van der Waals surface area contributed by atoms with Gasteiger partial charge in [0.15, 0.2) is 0 Å². The van der Waals surface area contributed by atoms with Gasteiger partial charge >= 0.3 is 0 Å². The summed E-state index contributed by atoms with van der Waals surface area (Å²) in [6.45, 7) is 2.90. The minimum atomic E-state index is 0. The highest BCUT2D eigenvalue weighted by Gasteiger charge is 2.15. The van der Waals surface area contributed by atoms with Crippen LogP contribution in [0.1, 0.15) is 11.1 Å². The Hall–Kier alpha value is -2.63. The predicted molar refractivity (Wildman–Crippen MR) is 113 cm³/mol. The number of nitrogens with zero attached hydrogens (tertiary/aromatic N) is 4. The first-order chi connectivity index (χ1) is 12.5. The van der Waals surface area contributed by atoms with Gasteiger partial charge in [-0.1, -0.05) is 23.8 Å². The maximum Gasteiger partial charge on any atom is 0.215 e. The van der Waals surface area contributed by atoms with Crippen molar-refractivity contribution in [3.63, 3.8) is 0 Å². The van der Waals surface area contributed by atoms with Crippen molar-refractivity contribution in [3.05, 3.63) is 70.0 Å². The van der Waals surface area contributed by atoms with Gasteiger partial charge in [0.1, 0.15) is 5.52 Å².